The Bertz CT molecular complexity index is 914. The van der Waals surface area contributed by atoms with E-state index in [4.69, 9.17) is 16.3 Å². The van der Waals surface area contributed by atoms with E-state index in [0.29, 0.717) is 37.9 Å². The Labute approximate surface area is 184 Å². The number of amides is 1. The standard InChI is InChI=1S/C23H24ClF3N2O2/c24-20-4-2-1-3-17(20)18-13-19(18)22(30)28-14-21(29-9-11-31-12-10-29)15-5-7-16(8-6-15)23(25,26)27/h1-8,18-19,21H,9-14H2,(H,28,30). The van der Waals surface area contributed by atoms with E-state index in [1.54, 1.807) is 0 Å². The van der Waals surface area contributed by atoms with Crippen LogP contribution in [0.1, 0.15) is 35.1 Å². The monoisotopic (exact) mass is 452 g/mol. The molecule has 1 saturated carbocycles. The highest BCUT2D eigenvalue weighted by Gasteiger charge is 2.45. The summed E-state index contributed by atoms with van der Waals surface area (Å²) in [4.78, 5) is 14.9. The molecule has 2 aliphatic rings. The lowest BCUT2D eigenvalue weighted by atomic mass is 10.0. The summed E-state index contributed by atoms with van der Waals surface area (Å²) in [6.45, 7) is 2.76. The molecule has 31 heavy (non-hydrogen) atoms. The Morgan fingerprint density at radius 1 is 1.13 bits per heavy atom. The minimum atomic E-state index is -4.37. The van der Waals surface area contributed by atoms with Gasteiger partial charge in [0.15, 0.2) is 0 Å². The molecule has 1 N–H and O–H groups in total. The minimum Gasteiger partial charge on any atom is -0.379 e. The van der Waals surface area contributed by atoms with Crippen molar-refractivity contribution in [3.63, 3.8) is 0 Å². The van der Waals surface area contributed by atoms with Gasteiger partial charge in [-0.2, -0.15) is 13.2 Å². The molecule has 1 aliphatic carbocycles. The van der Waals surface area contributed by atoms with Crippen LogP contribution in [0, 0.1) is 5.92 Å². The van der Waals surface area contributed by atoms with E-state index in [2.05, 4.69) is 10.2 Å². The lowest BCUT2D eigenvalue weighted by molar-refractivity contribution is -0.137. The van der Waals surface area contributed by atoms with Crippen molar-refractivity contribution in [2.45, 2.75) is 24.6 Å². The largest absolute Gasteiger partial charge is 0.416 e. The highest BCUT2D eigenvalue weighted by molar-refractivity contribution is 6.31. The minimum absolute atomic E-state index is 0.0462. The highest BCUT2D eigenvalue weighted by Crippen LogP contribution is 2.49. The third-order valence-electron chi connectivity index (χ3n) is 6.01. The molecule has 1 aliphatic heterocycles. The maximum atomic E-state index is 12.9. The van der Waals surface area contributed by atoms with Crippen molar-refractivity contribution in [2.24, 2.45) is 5.92 Å². The van der Waals surface area contributed by atoms with Crippen LogP contribution < -0.4 is 5.32 Å². The second-order valence-corrected chi connectivity index (χ2v) is 8.41. The van der Waals surface area contributed by atoms with Gasteiger partial charge < -0.3 is 10.1 Å². The summed E-state index contributed by atoms with van der Waals surface area (Å²) >= 11 is 6.25. The summed E-state index contributed by atoms with van der Waals surface area (Å²) in [6.07, 6.45) is -3.63. The number of benzene rings is 2. The second kappa shape index (κ2) is 9.18. The topological polar surface area (TPSA) is 41.6 Å². The average molecular weight is 453 g/mol. The number of carbonyl (C=O) groups excluding carboxylic acids is 1. The number of ether oxygens (including phenoxy) is 1. The van der Waals surface area contributed by atoms with Crippen LogP contribution in [0.4, 0.5) is 13.2 Å². The Morgan fingerprint density at radius 2 is 1.81 bits per heavy atom. The molecule has 1 saturated heterocycles. The Kier molecular flexibility index (Phi) is 6.55. The van der Waals surface area contributed by atoms with E-state index < -0.39 is 11.7 Å². The van der Waals surface area contributed by atoms with E-state index in [-0.39, 0.29) is 23.8 Å². The number of hydrogen-bond donors (Lipinski definition) is 1. The maximum Gasteiger partial charge on any atom is 0.416 e. The fourth-order valence-corrected chi connectivity index (χ4v) is 4.45. The third-order valence-corrected chi connectivity index (χ3v) is 6.35. The molecule has 2 fully saturated rings. The number of carbonyl (C=O) groups is 1. The van der Waals surface area contributed by atoms with Crippen LogP contribution in [0.3, 0.4) is 0 Å². The molecule has 1 heterocycles. The molecule has 0 spiro atoms. The first-order valence-corrected chi connectivity index (χ1v) is 10.7. The Morgan fingerprint density at radius 3 is 2.45 bits per heavy atom. The van der Waals surface area contributed by atoms with Crippen molar-refractivity contribution in [1.82, 2.24) is 10.2 Å². The van der Waals surface area contributed by atoms with E-state index >= 15 is 0 Å². The first kappa shape index (κ1) is 22.1. The molecule has 4 rings (SSSR count). The van der Waals surface area contributed by atoms with Gasteiger partial charge in [-0.25, -0.2) is 0 Å². The number of nitrogens with zero attached hydrogens (tertiary/aromatic N) is 1. The lowest BCUT2D eigenvalue weighted by Gasteiger charge is -2.35. The van der Waals surface area contributed by atoms with E-state index in [1.807, 2.05) is 24.3 Å². The second-order valence-electron chi connectivity index (χ2n) is 8.00. The summed E-state index contributed by atoms with van der Waals surface area (Å²) in [5.74, 6) is -0.0606. The summed E-state index contributed by atoms with van der Waals surface area (Å²) in [6, 6.07) is 12.5. The van der Waals surface area contributed by atoms with Crippen LogP contribution in [0.5, 0.6) is 0 Å². The van der Waals surface area contributed by atoms with Gasteiger partial charge in [0.2, 0.25) is 5.91 Å². The molecule has 0 radical (unpaired) electrons. The quantitative estimate of drug-likeness (QED) is 0.693. The normalized spacial score (nSPS) is 22.7. The summed E-state index contributed by atoms with van der Waals surface area (Å²) in [5.41, 5.74) is 1.05. The van der Waals surface area contributed by atoms with Gasteiger partial charge in [0.05, 0.1) is 24.8 Å². The SMILES string of the molecule is O=C(NCC(c1ccc(C(F)(F)F)cc1)N1CCOCC1)C1CC1c1ccccc1Cl. The lowest BCUT2D eigenvalue weighted by Crippen LogP contribution is -2.44. The van der Waals surface area contributed by atoms with Gasteiger partial charge in [-0.1, -0.05) is 41.9 Å². The number of hydrogen-bond acceptors (Lipinski definition) is 3. The fraction of sp³-hybridized carbons (Fsp3) is 0.435. The molecule has 2 aromatic carbocycles. The van der Waals surface area contributed by atoms with Crippen LogP contribution in [0.15, 0.2) is 48.5 Å². The number of rotatable bonds is 6. The molecule has 0 bridgehead atoms. The molecule has 1 amide bonds. The number of halogens is 4. The first-order valence-electron chi connectivity index (χ1n) is 10.4. The summed E-state index contributed by atoms with van der Waals surface area (Å²) < 4.78 is 44.2. The summed E-state index contributed by atoms with van der Waals surface area (Å²) in [7, 11) is 0. The van der Waals surface area contributed by atoms with Gasteiger partial charge in [0.25, 0.3) is 0 Å². The van der Waals surface area contributed by atoms with Crippen LogP contribution in [-0.2, 0) is 15.7 Å². The van der Waals surface area contributed by atoms with E-state index in [1.165, 1.54) is 12.1 Å². The first-order chi connectivity index (χ1) is 14.8. The van der Waals surface area contributed by atoms with Crippen molar-refractivity contribution in [2.75, 3.05) is 32.8 Å². The molecular weight excluding hydrogens is 429 g/mol. The molecule has 166 valence electrons. The van der Waals surface area contributed by atoms with Crippen LogP contribution in [0.2, 0.25) is 5.02 Å². The molecule has 2 aromatic rings. The maximum absolute atomic E-state index is 12.9. The van der Waals surface area contributed by atoms with Gasteiger partial charge in [0.1, 0.15) is 0 Å². The Balaban J connectivity index is 1.43. The molecule has 3 atom stereocenters. The number of alkyl halides is 3. The molecular formula is C23H24ClF3N2O2. The zero-order valence-electron chi connectivity index (χ0n) is 16.9. The Hall–Kier alpha value is -2.09. The van der Waals surface area contributed by atoms with Crippen LogP contribution in [0.25, 0.3) is 0 Å². The highest BCUT2D eigenvalue weighted by atomic mass is 35.5. The summed E-state index contributed by atoms with van der Waals surface area (Å²) in [5, 5.41) is 3.68. The van der Waals surface area contributed by atoms with Crippen LogP contribution >= 0.6 is 11.6 Å². The third kappa shape index (κ3) is 5.22. The molecule has 3 unspecified atom stereocenters. The van der Waals surface area contributed by atoms with Gasteiger partial charge in [-0.3, -0.25) is 9.69 Å². The fourth-order valence-electron chi connectivity index (χ4n) is 4.17. The molecule has 8 heteroatoms. The van der Waals surface area contributed by atoms with Crippen molar-refractivity contribution in [3.8, 4) is 0 Å². The number of morpholine rings is 1. The zero-order valence-corrected chi connectivity index (χ0v) is 17.6. The zero-order chi connectivity index (χ0) is 22.0. The number of nitrogens with one attached hydrogen (secondary N) is 1. The van der Waals surface area contributed by atoms with E-state index in [9.17, 15) is 18.0 Å². The van der Waals surface area contributed by atoms with Crippen molar-refractivity contribution < 1.29 is 22.7 Å². The van der Waals surface area contributed by atoms with Gasteiger partial charge in [-0.15, -0.1) is 0 Å². The van der Waals surface area contributed by atoms with Gasteiger partial charge in [0, 0.05) is 30.6 Å². The molecule has 4 nitrogen and oxygen atoms in total. The van der Waals surface area contributed by atoms with Gasteiger partial charge >= 0.3 is 6.18 Å². The molecule has 0 aromatic heterocycles. The average Bonchev–Trinajstić information content (AvgIpc) is 3.55. The van der Waals surface area contributed by atoms with Crippen molar-refractivity contribution in [1.29, 1.82) is 0 Å². The predicted octanol–water partition coefficient (Wildman–Crippen LogP) is 4.65. The predicted molar refractivity (Wildman–Crippen MR) is 112 cm³/mol. The van der Waals surface area contributed by atoms with E-state index in [0.717, 1.165) is 29.7 Å². The van der Waals surface area contributed by atoms with Gasteiger partial charge in [-0.05, 0) is 41.7 Å². The van der Waals surface area contributed by atoms with Crippen molar-refractivity contribution >= 4 is 17.5 Å². The van der Waals surface area contributed by atoms with Crippen molar-refractivity contribution in [3.05, 3.63) is 70.2 Å². The van der Waals surface area contributed by atoms with Crippen LogP contribution in [-0.4, -0.2) is 43.7 Å². The smallest absolute Gasteiger partial charge is 0.379 e.